The molecule has 0 unspecified atom stereocenters. The van der Waals surface area contributed by atoms with Gasteiger partial charge in [0.2, 0.25) is 0 Å². The average molecular weight is 274 g/mol. The Kier molecular flexibility index (Phi) is 3.57. The smallest absolute Gasteiger partial charge is 0.336 e. The van der Waals surface area contributed by atoms with Crippen LogP contribution in [0.15, 0.2) is 47.4 Å². The standard InChI is InChI=1S/C14H10O4S/c15-13(16)10-5-2-1-4-8(10)9-6-3-7-11(12(9)19)14(17)18/h1-7,19H,(H,15,16)(H,17,18). The number of benzene rings is 2. The number of thiol groups is 1. The van der Waals surface area contributed by atoms with Crippen LogP contribution in [0.1, 0.15) is 20.7 Å². The Hall–Kier alpha value is -2.27. The molecular formula is C14H10O4S. The van der Waals surface area contributed by atoms with Gasteiger partial charge in [0, 0.05) is 4.90 Å². The maximum atomic E-state index is 11.2. The van der Waals surface area contributed by atoms with E-state index in [4.69, 9.17) is 10.2 Å². The molecule has 2 rings (SSSR count). The van der Waals surface area contributed by atoms with E-state index >= 15 is 0 Å². The summed E-state index contributed by atoms with van der Waals surface area (Å²) in [5.74, 6) is -2.16. The highest BCUT2D eigenvalue weighted by Gasteiger charge is 2.16. The summed E-state index contributed by atoms with van der Waals surface area (Å²) in [6, 6.07) is 11.1. The van der Waals surface area contributed by atoms with Crippen molar-refractivity contribution < 1.29 is 19.8 Å². The fraction of sp³-hybridized carbons (Fsp3) is 0. The predicted molar refractivity (Wildman–Crippen MR) is 73.0 cm³/mol. The summed E-state index contributed by atoms with van der Waals surface area (Å²) in [4.78, 5) is 22.5. The zero-order valence-electron chi connectivity index (χ0n) is 9.70. The first-order chi connectivity index (χ1) is 9.02. The Morgan fingerprint density at radius 1 is 0.789 bits per heavy atom. The third-order valence-electron chi connectivity index (χ3n) is 2.71. The maximum absolute atomic E-state index is 11.2. The van der Waals surface area contributed by atoms with Crippen LogP contribution in [0.3, 0.4) is 0 Å². The summed E-state index contributed by atoms with van der Waals surface area (Å²) in [6.07, 6.45) is 0. The van der Waals surface area contributed by atoms with Crippen molar-refractivity contribution in [2.45, 2.75) is 4.90 Å². The number of carboxylic acids is 2. The van der Waals surface area contributed by atoms with Crippen molar-refractivity contribution in [2.24, 2.45) is 0 Å². The molecule has 0 heterocycles. The average Bonchev–Trinajstić information content (AvgIpc) is 2.38. The fourth-order valence-electron chi connectivity index (χ4n) is 1.84. The number of aromatic carboxylic acids is 2. The van der Waals surface area contributed by atoms with Crippen molar-refractivity contribution in [1.82, 2.24) is 0 Å². The Morgan fingerprint density at radius 2 is 1.32 bits per heavy atom. The summed E-state index contributed by atoms with van der Waals surface area (Å²) in [5, 5.41) is 18.2. The van der Waals surface area contributed by atoms with Gasteiger partial charge in [-0.2, -0.15) is 0 Å². The third kappa shape index (κ3) is 2.46. The molecule has 0 aliphatic rings. The van der Waals surface area contributed by atoms with E-state index in [0.29, 0.717) is 11.1 Å². The molecule has 19 heavy (non-hydrogen) atoms. The highest BCUT2D eigenvalue weighted by atomic mass is 32.1. The summed E-state index contributed by atoms with van der Waals surface area (Å²) < 4.78 is 0. The van der Waals surface area contributed by atoms with Crippen LogP contribution in [-0.2, 0) is 0 Å². The molecule has 0 bridgehead atoms. The number of carbonyl (C=O) groups is 2. The van der Waals surface area contributed by atoms with Crippen LogP contribution in [0.5, 0.6) is 0 Å². The lowest BCUT2D eigenvalue weighted by molar-refractivity contribution is 0.0685. The van der Waals surface area contributed by atoms with Crippen molar-refractivity contribution in [3.05, 3.63) is 53.6 Å². The molecule has 2 aromatic rings. The zero-order valence-corrected chi connectivity index (χ0v) is 10.6. The van der Waals surface area contributed by atoms with Gasteiger partial charge in [-0.1, -0.05) is 30.3 Å². The lowest BCUT2D eigenvalue weighted by Crippen LogP contribution is -2.02. The molecule has 0 radical (unpaired) electrons. The minimum Gasteiger partial charge on any atom is -0.478 e. The van der Waals surface area contributed by atoms with E-state index in [1.165, 1.54) is 12.1 Å². The van der Waals surface area contributed by atoms with Crippen LogP contribution in [0.2, 0.25) is 0 Å². The Balaban J connectivity index is 2.70. The topological polar surface area (TPSA) is 74.6 Å². The van der Waals surface area contributed by atoms with E-state index in [0.717, 1.165) is 0 Å². The third-order valence-corrected chi connectivity index (χ3v) is 3.20. The molecule has 5 heteroatoms. The minimum atomic E-state index is -1.10. The van der Waals surface area contributed by atoms with Crippen LogP contribution in [-0.4, -0.2) is 22.2 Å². The van der Waals surface area contributed by atoms with Crippen LogP contribution < -0.4 is 0 Å². The Bertz CT molecular complexity index is 664. The van der Waals surface area contributed by atoms with Crippen LogP contribution >= 0.6 is 12.6 Å². The van der Waals surface area contributed by atoms with E-state index in [2.05, 4.69) is 12.6 Å². The molecule has 96 valence electrons. The predicted octanol–water partition coefficient (Wildman–Crippen LogP) is 3.04. The maximum Gasteiger partial charge on any atom is 0.336 e. The van der Waals surface area contributed by atoms with Gasteiger partial charge in [0.25, 0.3) is 0 Å². The van der Waals surface area contributed by atoms with Crippen molar-refractivity contribution >= 4 is 24.6 Å². The van der Waals surface area contributed by atoms with Gasteiger partial charge in [-0.05, 0) is 23.3 Å². The number of carboxylic acid groups (broad SMARTS) is 2. The van der Waals surface area contributed by atoms with Crippen molar-refractivity contribution in [3.63, 3.8) is 0 Å². The van der Waals surface area contributed by atoms with Gasteiger partial charge in [0.05, 0.1) is 11.1 Å². The van der Waals surface area contributed by atoms with Gasteiger partial charge < -0.3 is 10.2 Å². The second-order valence-corrected chi connectivity index (χ2v) is 4.30. The lowest BCUT2D eigenvalue weighted by atomic mass is 9.98. The quantitative estimate of drug-likeness (QED) is 0.752. The summed E-state index contributed by atoms with van der Waals surface area (Å²) in [7, 11) is 0. The molecular weight excluding hydrogens is 264 g/mol. The van der Waals surface area contributed by atoms with Crippen molar-refractivity contribution in [1.29, 1.82) is 0 Å². The van der Waals surface area contributed by atoms with Gasteiger partial charge >= 0.3 is 11.9 Å². The molecule has 0 aromatic heterocycles. The van der Waals surface area contributed by atoms with Crippen LogP contribution in [0.4, 0.5) is 0 Å². The zero-order chi connectivity index (χ0) is 14.0. The first-order valence-electron chi connectivity index (χ1n) is 5.40. The van der Waals surface area contributed by atoms with Gasteiger partial charge in [-0.3, -0.25) is 0 Å². The van der Waals surface area contributed by atoms with Gasteiger partial charge in [-0.15, -0.1) is 12.6 Å². The molecule has 0 aliphatic heterocycles. The molecule has 0 atom stereocenters. The molecule has 0 fully saturated rings. The summed E-state index contributed by atoms with van der Waals surface area (Å²) in [5.41, 5.74) is 1.09. The first-order valence-corrected chi connectivity index (χ1v) is 5.85. The van der Waals surface area contributed by atoms with Gasteiger partial charge in [-0.25, -0.2) is 9.59 Å². The van der Waals surface area contributed by atoms with E-state index in [1.807, 2.05) is 0 Å². The second-order valence-electron chi connectivity index (χ2n) is 3.86. The van der Waals surface area contributed by atoms with Gasteiger partial charge in [0.15, 0.2) is 0 Å². The van der Waals surface area contributed by atoms with E-state index < -0.39 is 11.9 Å². The molecule has 0 aliphatic carbocycles. The van der Waals surface area contributed by atoms with Crippen molar-refractivity contribution in [3.8, 4) is 11.1 Å². The summed E-state index contributed by atoms with van der Waals surface area (Å²) in [6.45, 7) is 0. The van der Waals surface area contributed by atoms with Crippen molar-refractivity contribution in [2.75, 3.05) is 0 Å². The Morgan fingerprint density at radius 3 is 1.95 bits per heavy atom. The SMILES string of the molecule is O=C(O)c1ccccc1-c1cccc(C(=O)O)c1S. The molecule has 0 amide bonds. The normalized spacial score (nSPS) is 10.2. The molecule has 0 saturated heterocycles. The number of rotatable bonds is 3. The van der Waals surface area contributed by atoms with Crippen LogP contribution in [0.25, 0.3) is 11.1 Å². The van der Waals surface area contributed by atoms with E-state index in [-0.39, 0.29) is 16.0 Å². The molecule has 4 nitrogen and oxygen atoms in total. The highest BCUT2D eigenvalue weighted by Crippen LogP contribution is 2.31. The van der Waals surface area contributed by atoms with E-state index in [9.17, 15) is 9.59 Å². The minimum absolute atomic E-state index is 0.0426. The Labute approximate surface area is 114 Å². The largest absolute Gasteiger partial charge is 0.478 e. The molecule has 0 saturated carbocycles. The number of hydrogen-bond acceptors (Lipinski definition) is 3. The molecule has 2 N–H and O–H groups in total. The second kappa shape index (κ2) is 5.16. The molecule has 2 aromatic carbocycles. The van der Waals surface area contributed by atoms with Gasteiger partial charge in [0.1, 0.15) is 0 Å². The monoisotopic (exact) mass is 274 g/mol. The first kappa shape index (κ1) is 13.2. The lowest BCUT2D eigenvalue weighted by Gasteiger charge is -2.10. The van der Waals surface area contributed by atoms with Crippen LogP contribution in [0, 0.1) is 0 Å². The fourth-order valence-corrected chi connectivity index (χ4v) is 2.20. The molecule has 0 spiro atoms. The van der Waals surface area contributed by atoms with E-state index in [1.54, 1.807) is 30.3 Å². The summed E-state index contributed by atoms with van der Waals surface area (Å²) >= 11 is 4.20. The number of hydrogen-bond donors (Lipinski definition) is 3. The highest BCUT2D eigenvalue weighted by molar-refractivity contribution is 7.80.